The molecule has 0 saturated carbocycles. The molecule has 0 radical (unpaired) electrons. The first-order valence-electron chi connectivity index (χ1n) is 10.8. The third kappa shape index (κ3) is 3.76. The summed E-state index contributed by atoms with van der Waals surface area (Å²) in [6.07, 6.45) is 5.87. The van der Waals surface area contributed by atoms with Crippen molar-refractivity contribution in [2.45, 2.75) is 30.6 Å². The Kier molecular flexibility index (Phi) is 5.77. The first-order chi connectivity index (χ1) is 15.9. The van der Waals surface area contributed by atoms with Gasteiger partial charge < -0.3 is 20.1 Å². The number of rotatable bonds is 7. The van der Waals surface area contributed by atoms with Gasteiger partial charge in [0.25, 0.3) is 5.91 Å². The van der Waals surface area contributed by atoms with Crippen LogP contribution in [0, 0.1) is 5.92 Å². The zero-order valence-corrected chi connectivity index (χ0v) is 19.5. The molecule has 6 rings (SSSR count). The van der Waals surface area contributed by atoms with E-state index in [1.807, 2.05) is 10.8 Å². The van der Waals surface area contributed by atoms with E-state index in [4.69, 9.17) is 10.5 Å². The highest BCUT2D eigenvalue weighted by Gasteiger charge is 2.55. The number of amides is 1. The van der Waals surface area contributed by atoms with Crippen molar-refractivity contribution >= 4 is 34.6 Å². The topological polar surface area (TPSA) is 115 Å². The fraction of sp³-hybridized carbons (Fsp3) is 0.391. The molecule has 0 aliphatic carbocycles. The minimum absolute atomic E-state index is 0.179. The maximum Gasteiger partial charge on any atom is 0.348 e. The van der Waals surface area contributed by atoms with Crippen LogP contribution in [0.2, 0.25) is 0 Å². The standard InChI is InChI=1S/C23H24N4O4S2/c24-21(28)20(18-11-25-5-6-26-18)27-7-1-15(2-8-27)19(12-27)31-22(29)23(30,16-3-9-32-13-16)17-4-10-33-14-17/h3-6,9-11,13-15,19-20,30H,1-2,7-8,12H2,(H-,24,28)/p+1/t15?,19-,20?,27?/m0/s1. The predicted molar refractivity (Wildman–Crippen MR) is 123 cm³/mol. The number of esters is 1. The molecule has 172 valence electrons. The van der Waals surface area contributed by atoms with Crippen LogP contribution in [-0.4, -0.2) is 57.2 Å². The minimum Gasteiger partial charge on any atom is -0.453 e. The van der Waals surface area contributed by atoms with Crippen LogP contribution in [0.5, 0.6) is 0 Å². The van der Waals surface area contributed by atoms with Crippen molar-refractivity contribution in [1.82, 2.24) is 9.97 Å². The van der Waals surface area contributed by atoms with Crippen LogP contribution in [0.4, 0.5) is 0 Å². The molecule has 2 atom stereocenters. The van der Waals surface area contributed by atoms with E-state index in [-0.39, 0.29) is 5.92 Å². The molecule has 3 aromatic rings. The Hall–Kier alpha value is -2.66. The molecule has 6 heterocycles. The molecular formula is C23H25N4O4S2+. The number of carbonyl (C=O) groups is 2. The smallest absolute Gasteiger partial charge is 0.348 e. The second-order valence-electron chi connectivity index (χ2n) is 8.80. The predicted octanol–water partition coefficient (Wildman–Crippen LogP) is 2.21. The lowest BCUT2D eigenvalue weighted by Gasteiger charge is -2.54. The van der Waals surface area contributed by atoms with Crippen molar-refractivity contribution in [1.29, 1.82) is 0 Å². The molecule has 3 saturated heterocycles. The van der Waals surface area contributed by atoms with E-state index in [0.29, 0.717) is 27.8 Å². The number of fused-ring (bicyclic) bond motifs is 3. The van der Waals surface area contributed by atoms with Gasteiger partial charge in [0, 0.05) is 42.3 Å². The van der Waals surface area contributed by atoms with Gasteiger partial charge in [-0.25, -0.2) is 4.79 Å². The van der Waals surface area contributed by atoms with Crippen LogP contribution >= 0.6 is 22.7 Å². The summed E-state index contributed by atoms with van der Waals surface area (Å²) in [4.78, 5) is 34.5. The number of hydrogen-bond acceptors (Lipinski definition) is 8. The number of thiophene rings is 2. The van der Waals surface area contributed by atoms with Crippen LogP contribution in [0.15, 0.2) is 52.2 Å². The third-order valence-electron chi connectivity index (χ3n) is 7.07. The van der Waals surface area contributed by atoms with E-state index in [1.165, 1.54) is 22.7 Å². The van der Waals surface area contributed by atoms with Gasteiger partial charge >= 0.3 is 5.97 Å². The van der Waals surface area contributed by atoms with E-state index in [2.05, 4.69) is 9.97 Å². The average Bonchev–Trinajstić information content (AvgIpc) is 3.55. The van der Waals surface area contributed by atoms with Crippen LogP contribution in [0.1, 0.15) is 35.7 Å². The first-order valence-corrected chi connectivity index (χ1v) is 12.7. The third-order valence-corrected chi connectivity index (χ3v) is 8.44. The van der Waals surface area contributed by atoms with Crippen molar-refractivity contribution in [3.63, 3.8) is 0 Å². The Morgan fingerprint density at radius 3 is 2.33 bits per heavy atom. The number of carbonyl (C=O) groups excluding carboxylic acids is 2. The second-order valence-corrected chi connectivity index (χ2v) is 10.4. The summed E-state index contributed by atoms with van der Waals surface area (Å²) in [5.41, 5.74) is 5.51. The number of aliphatic hydroxyl groups is 1. The summed E-state index contributed by atoms with van der Waals surface area (Å²) in [6, 6.07) is 2.82. The zero-order valence-electron chi connectivity index (χ0n) is 17.9. The Morgan fingerprint density at radius 1 is 1.15 bits per heavy atom. The summed E-state index contributed by atoms with van der Waals surface area (Å²) in [6.45, 7) is 1.95. The van der Waals surface area contributed by atoms with E-state index in [9.17, 15) is 14.7 Å². The van der Waals surface area contributed by atoms with Crippen molar-refractivity contribution in [3.05, 3.63) is 69.1 Å². The molecule has 0 aromatic carbocycles. The fourth-order valence-electron chi connectivity index (χ4n) is 5.37. The molecule has 1 unspecified atom stereocenters. The van der Waals surface area contributed by atoms with Crippen LogP contribution in [0.3, 0.4) is 0 Å². The molecule has 3 aromatic heterocycles. The largest absolute Gasteiger partial charge is 0.453 e. The number of nitrogens with two attached hydrogens (primary N) is 1. The van der Waals surface area contributed by atoms with E-state index in [0.717, 1.165) is 25.9 Å². The second kappa shape index (κ2) is 8.60. The van der Waals surface area contributed by atoms with Gasteiger partial charge in [-0.15, -0.1) is 0 Å². The minimum atomic E-state index is -1.87. The number of ether oxygens (including phenoxy) is 1. The van der Waals surface area contributed by atoms with Gasteiger partial charge in [0.2, 0.25) is 11.6 Å². The fourth-order valence-corrected chi connectivity index (χ4v) is 6.77. The van der Waals surface area contributed by atoms with Crippen LogP contribution in [-0.2, 0) is 19.9 Å². The maximum absolute atomic E-state index is 13.5. The van der Waals surface area contributed by atoms with Gasteiger partial charge in [-0.1, -0.05) is 0 Å². The lowest BCUT2D eigenvalue weighted by Crippen LogP contribution is -2.67. The molecule has 33 heavy (non-hydrogen) atoms. The van der Waals surface area contributed by atoms with Crippen molar-refractivity contribution in [3.8, 4) is 0 Å². The van der Waals surface area contributed by atoms with Gasteiger partial charge in [0.1, 0.15) is 12.2 Å². The number of hydrogen-bond donors (Lipinski definition) is 2. The molecule has 3 aliphatic heterocycles. The highest BCUT2D eigenvalue weighted by atomic mass is 32.1. The van der Waals surface area contributed by atoms with Crippen molar-refractivity contribution in [2.75, 3.05) is 19.6 Å². The van der Waals surface area contributed by atoms with Gasteiger partial charge in [-0.3, -0.25) is 14.8 Å². The highest BCUT2D eigenvalue weighted by molar-refractivity contribution is 7.08. The number of nitrogens with zero attached hydrogens (tertiary/aromatic N) is 3. The summed E-state index contributed by atoms with van der Waals surface area (Å²) < 4.78 is 6.43. The average molecular weight is 486 g/mol. The molecule has 1 amide bonds. The Morgan fingerprint density at radius 2 is 1.82 bits per heavy atom. The molecule has 3 fully saturated rings. The van der Waals surface area contributed by atoms with Crippen LogP contribution < -0.4 is 5.73 Å². The van der Waals surface area contributed by atoms with E-state index < -0.39 is 29.6 Å². The molecule has 0 spiro atoms. The monoisotopic (exact) mass is 485 g/mol. The van der Waals surface area contributed by atoms with E-state index in [1.54, 1.807) is 41.5 Å². The molecule has 3 N–H and O–H groups in total. The molecule has 8 nitrogen and oxygen atoms in total. The summed E-state index contributed by atoms with van der Waals surface area (Å²) in [7, 11) is 0. The highest BCUT2D eigenvalue weighted by Crippen LogP contribution is 2.43. The first kappa shape index (κ1) is 22.1. The molecule has 2 bridgehead atoms. The Bertz CT molecular complexity index is 1080. The molecular weight excluding hydrogens is 460 g/mol. The molecule has 10 heteroatoms. The van der Waals surface area contributed by atoms with Gasteiger partial charge in [-0.05, 0) is 33.7 Å². The van der Waals surface area contributed by atoms with Gasteiger partial charge in [0.05, 0.1) is 19.3 Å². The number of primary amides is 1. The number of aromatic nitrogens is 2. The number of piperidine rings is 3. The lowest BCUT2D eigenvalue weighted by molar-refractivity contribution is -0.965. The Balaban J connectivity index is 1.44. The molecule has 3 aliphatic rings. The van der Waals surface area contributed by atoms with Gasteiger partial charge in [0.15, 0.2) is 6.10 Å². The maximum atomic E-state index is 13.5. The lowest BCUT2D eigenvalue weighted by atomic mass is 9.81. The quantitative estimate of drug-likeness (QED) is 0.392. The SMILES string of the molecule is NC(=O)C(c1cnccn1)[N+]12CCC(CC1)[C@@H](OC(=O)C(O)(c1ccsc1)c1ccsc1)C2. The van der Waals surface area contributed by atoms with E-state index >= 15 is 0 Å². The summed E-state index contributed by atoms with van der Waals surface area (Å²) in [5.74, 6) is -0.973. The van der Waals surface area contributed by atoms with Crippen molar-refractivity contribution < 1.29 is 23.9 Å². The normalized spacial score (nSPS) is 25.5. The van der Waals surface area contributed by atoms with Gasteiger partial charge in [-0.2, -0.15) is 22.7 Å². The summed E-state index contributed by atoms with van der Waals surface area (Å²) in [5, 5.41) is 18.8. The van der Waals surface area contributed by atoms with Crippen molar-refractivity contribution in [2.24, 2.45) is 11.7 Å². The summed E-state index contributed by atoms with van der Waals surface area (Å²) >= 11 is 2.82. The van der Waals surface area contributed by atoms with Crippen LogP contribution in [0.25, 0.3) is 0 Å². The number of quaternary nitrogens is 1. The zero-order chi connectivity index (χ0) is 23.1. The Labute approximate surface area is 199 Å².